The van der Waals surface area contributed by atoms with E-state index in [0.29, 0.717) is 12.2 Å². The van der Waals surface area contributed by atoms with Crippen molar-refractivity contribution in [3.8, 4) is 16.9 Å². The van der Waals surface area contributed by atoms with Crippen molar-refractivity contribution in [2.24, 2.45) is 11.7 Å². The summed E-state index contributed by atoms with van der Waals surface area (Å²) < 4.78 is 5.70. The van der Waals surface area contributed by atoms with Crippen LogP contribution in [0.2, 0.25) is 0 Å². The van der Waals surface area contributed by atoms with Crippen molar-refractivity contribution in [2.75, 3.05) is 39.8 Å². The Kier molecular flexibility index (Phi) is 8.06. The summed E-state index contributed by atoms with van der Waals surface area (Å²) >= 11 is 0. The minimum absolute atomic E-state index is 0.0325. The van der Waals surface area contributed by atoms with E-state index < -0.39 is 0 Å². The van der Waals surface area contributed by atoms with Gasteiger partial charge >= 0.3 is 0 Å². The Balaban J connectivity index is 1.53. The molecule has 1 aliphatic heterocycles. The lowest BCUT2D eigenvalue weighted by atomic mass is 9.93. The molecule has 166 valence electrons. The van der Waals surface area contributed by atoms with E-state index in [0.717, 1.165) is 55.7 Å². The van der Waals surface area contributed by atoms with Gasteiger partial charge in [-0.3, -0.25) is 9.59 Å². The molecule has 2 aromatic carbocycles. The van der Waals surface area contributed by atoms with Crippen LogP contribution in [0.1, 0.15) is 25.3 Å². The average Bonchev–Trinajstić information content (AvgIpc) is 2.78. The van der Waals surface area contributed by atoms with Crippen molar-refractivity contribution >= 4 is 11.8 Å². The maximum atomic E-state index is 12.3. The van der Waals surface area contributed by atoms with Gasteiger partial charge in [0.25, 0.3) is 5.91 Å². The number of primary amides is 1. The fourth-order valence-electron chi connectivity index (χ4n) is 3.85. The van der Waals surface area contributed by atoms with E-state index in [2.05, 4.69) is 43.1 Å². The maximum absolute atomic E-state index is 12.3. The SMILES string of the molecule is CCCC(Cc1ccc(-c2ccc(OCC(=O)N3CCN(C)CC3)cc2)cc1)C(N)=O. The van der Waals surface area contributed by atoms with Crippen LogP contribution in [-0.4, -0.2) is 61.4 Å². The first-order valence-electron chi connectivity index (χ1n) is 11.0. The van der Waals surface area contributed by atoms with Gasteiger partial charge in [0.15, 0.2) is 6.61 Å². The zero-order chi connectivity index (χ0) is 22.2. The molecule has 2 aromatic rings. The Morgan fingerprint density at radius 2 is 1.55 bits per heavy atom. The molecule has 1 saturated heterocycles. The minimum Gasteiger partial charge on any atom is -0.484 e. The molecule has 31 heavy (non-hydrogen) atoms. The maximum Gasteiger partial charge on any atom is 0.260 e. The molecule has 2 N–H and O–H groups in total. The quantitative estimate of drug-likeness (QED) is 0.673. The molecule has 0 spiro atoms. The highest BCUT2D eigenvalue weighted by Gasteiger charge is 2.19. The number of rotatable bonds is 9. The summed E-state index contributed by atoms with van der Waals surface area (Å²) in [5.41, 5.74) is 8.80. The summed E-state index contributed by atoms with van der Waals surface area (Å²) in [6.45, 7) is 5.45. The average molecular weight is 424 g/mol. The van der Waals surface area contributed by atoms with Crippen LogP contribution in [0.15, 0.2) is 48.5 Å². The van der Waals surface area contributed by atoms with Gasteiger partial charge in [0, 0.05) is 32.1 Å². The van der Waals surface area contributed by atoms with Crippen LogP contribution in [0.4, 0.5) is 0 Å². The normalized spacial score (nSPS) is 15.5. The zero-order valence-electron chi connectivity index (χ0n) is 18.5. The van der Waals surface area contributed by atoms with Crippen LogP contribution in [0.25, 0.3) is 11.1 Å². The monoisotopic (exact) mass is 423 g/mol. The highest BCUT2D eigenvalue weighted by atomic mass is 16.5. The summed E-state index contributed by atoms with van der Waals surface area (Å²) in [5.74, 6) is 0.380. The van der Waals surface area contributed by atoms with E-state index in [1.165, 1.54) is 0 Å². The molecule has 2 amide bonds. The number of carbonyl (C=O) groups is 2. The molecule has 1 unspecified atom stereocenters. The standard InChI is InChI=1S/C25H33N3O3/c1-3-4-22(25(26)30)17-19-5-7-20(8-6-19)21-9-11-23(12-10-21)31-18-24(29)28-15-13-27(2)14-16-28/h5-12,22H,3-4,13-18H2,1-2H3,(H2,26,30). The first-order chi connectivity index (χ1) is 15.0. The number of hydrogen-bond donors (Lipinski definition) is 1. The molecule has 3 rings (SSSR count). The van der Waals surface area contributed by atoms with Crippen molar-refractivity contribution in [1.82, 2.24) is 9.80 Å². The third-order valence-electron chi connectivity index (χ3n) is 5.88. The Labute approximate surface area is 185 Å². The molecule has 0 radical (unpaired) electrons. The number of ether oxygens (including phenoxy) is 1. The summed E-state index contributed by atoms with van der Waals surface area (Å²) in [4.78, 5) is 28.0. The Morgan fingerprint density at radius 1 is 0.968 bits per heavy atom. The minimum atomic E-state index is -0.229. The zero-order valence-corrected chi connectivity index (χ0v) is 18.5. The van der Waals surface area contributed by atoms with Crippen molar-refractivity contribution in [2.45, 2.75) is 26.2 Å². The van der Waals surface area contributed by atoms with Crippen LogP contribution in [0.3, 0.4) is 0 Å². The lowest BCUT2D eigenvalue weighted by Crippen LogP contribution is -2.48. The number of carbonyl (C=O) groups excluding carboxylic acids is 2. The third-order valence-corrected chi connectivity index (χ3v) is 5.88. The predicted molar refractivity (Wildman–Crippen MR) is 123 cm³/mol. The van der Waals surface area contributed by atoms with Gasteiger partial charge in [-0.25, -0.2) is 0 Å². The van der Waals surface area contributed by atoms with E-state index in [1.807, 2.05) is 29.2 Å². The molecule has 6 nitrogen and oxygen atoms in total. The van der Waals surface area contributed by atoms with Gasteiger partial charge in [-0.1, -0.05) is 49.7 Å². The molecule has 0 saturated carbocycles. The summed E-state index contributed by atoms with van der Waals surface area (Å²) in [5, 5.41) is 0. The first-order valence-corrected chi connectivity index (χ1v) is 11.0. The van der Waals surface area contributed by atoms with Gasteiger partial charge in [0.2, 0.25) is 5.91 Å². The molecule has 6 heteroatoms. The Bertz CT molecular complexity index is 857. The number of hydrogen-bond acceptors (Lipinski definition) is 4. The largest absolute Gasteiger partial charge is 0.484 e. The first kappa shape index (κ1) is 22.8. The van der Waals surface area contributed by atoms with Crippen LogP contribution in [-0.2, 0) is 16.0 Å². The number of nitrogens with zero attached hydrogens (tertiary/aromatic N) is 2. The smallest absolute Gasteiger partial charge is 0.260 e. The highest BCUT2D eigenvalue weighted by Crippen LogP contribution is 2.24. The molecule has 1 aliphatic rings. The number of likely N-dealkylation sites (N-methyl/N-ethyl adjacent to an activating group) is 1. The summed E-state index contributed by atoms with van der Waals surface area (Å²) in [7, 11) is 2.07. The molecule has 1 heterocycles. The summed E-state index contributed by atoms with van der Waals surface area (Å²) in [6.07, 6.45) is 2.44. The van der Waals surface area contributed by atoms with E-state index >= 15 is 0 Å². The van der Waals surface area contributed by atoms with E-state index in [-0.39, 0.29) is 24.3 Å². The summed E-state index contributed by atoms with van der Waals surface area (Å²) in [6, 6.07) is 16.0. The second-order valence-corrected chi connectivity index (χ2v) is 8.29. The second-order valence-electron chi connectivity index (χ2n) is 8.29. The topological polar surface area (TPSA) is 75.9 Å². The van der Waals surface area contributed by atoms with Crippen molar-refractivity contribution < 1.29 is 14.3 Å². The molecule has 1 atom stereocenters. The lowest BCUT2D eigenvalue weighted by molar-refractivity contribution is -0.134. The van der Waals surface area contributed by atoms with Gasteiger partial charge in [-0.15, -0.1) is 0 Å². The number of benzene rings is 2. The van der Waals surface area contributed by atoms with Crippen LogP contribution in [0, 0.1) is 5.92 Å². The van der Waals surface area contributed by atoms with Crippen LogP contribution < -0.4 is 10.5 Å². The Morgan fingerprint density at radius 3 is 2.10 bits per heavy atom. The second kappa shape index (κ2) is 11.0. The van der Waals surface area contributed by atoms with Gasteiger partial charge in [-0.05, 0) is 48.7 Å². The van der Waals surface area contributed by atoms with Crippen LogP contribution >= 0.6 is 0 Å². The Hall–Kier alpha value is -2.86. The van der Waals surface area contributed by atoms with Crippen LogP contribution in [0.5, 0.6) is 5.75 Å². The van der Waals surface area contributed by atoms with Crippen molar-refractivity contribution in [1.29, 1.82) is 0 Å². The van der Waals surface area contributed by atoms with Gasteiger partial charge in [-0.2, -0.15) is 0 Å². The van der Waals surface area contributed by atoms with Crippen molar-refractivity contribution in [3.05, 3.63) is 54.1 Å². The lowest BCUT2D eigenvalue weighted by Gasteiger charge is -2.32. The predicted octanol–water partition coefficient (Wildman–Crippen LogP) is 2.95. The van der Waals surface area contributed by atoms with Gasteiger partial charge in [0.1, 0.15) is 5.75 Å². The fourth-order valence-corrected chi connectivity index (χ4v) is 3.85. The van der Waals surface area contributed by atoms with Gasteiger partial charge < -0.3 is 20.3 Å². The number of nitrogens with two attached hydrogens (primary N) is 1. The van der Waals surface area contributed by atoms with E-state index in [1.54, 1.807) is 0 Å². The molecule has 0 aliphatic carbocycles. The molecule has 0 bridgehead atoms. The highest BCUT2D eigenvalue weighted by molar-refractivity contribution is 5.78. The fraction of sp³-hybridized carbons (Fsp3) is 0.440. The third kappa shape index (κ3) is 6.56. The molecule has 0 aromatic heterocycles. The van der Waals surface area contributed by atoms with E-state index in [9.17, 15) is 9.59 Å². The van der Waals surface area contributed by atoms with Gasteiger partial charge in [0.05, 0.1) is 0 Å². The molecule has 1 fully saturated rings. The number of amides is 2. The van der Waals surface area contributed by atoms with Crippen molar-refractivity contribution in [3.63, 3.8) is 0 Å². The molecular weight excluding hydrogens is 390 g/mol. The van der Waals surface area contributed by atoms with E-state index in [4.69, 9.17) is 10.5 Å². The molecular formula is C25H33N3O3. The number of piperazine rings is 1.